The highest BCUT2D eigenvalue weighted by atomic mass is 35.5. The summed E-state index contributed by atoms with van der Waals surface area (Å²) in [6.45, 7) is 0. The number of allylic oxidation sites excluding steroid dienone is 2. The van der Waals surface area contributed by atoms with Crippen LogP contribution in [0.5, 0.6) is 0 Å². The molecule has 3 aromatic rings. The van der Waals surface area contributed by atoms with Crippen molar-refractivity contribution in [1.82, 2.24) is 10.2 Å². The monoisotopic (exact) mass is 481 g/mol. The first kappa shape index (κ1) is 21.4. The number of hydrogen-bond donors (Lipinski definition) is 0. The summed E-state index contributed by atoms with van der Waals surface area (Å²) < 4.78 is 0.766. The number of aromatic nitrogens is 2. The molecule has 2 aromatic carbocycles. The number of ketones is 1. The molecule has 1 aromatic heterocycles. The van der Waals surface area contributed by atoms with E-state index in [1.807, 2.05) is 54.6 Å². The number of amides is 1. The highest BCUT2D eigenvalue weighted by Crippen LogP contribution is 2.44. The van der Waals surface area contributed by atoms with Crippen LogP contribution in [0, 0.1) is 0 Å². The number of nitrogens with zero attached hydrogens (tertiary/aromatic N) is 3. The zero-order valence-electron chi connectivity index (χ0n) is 17.2. The minimum absolute atomic E-state index is 0.0360. The third-order valence-electron chi connectivity index (χ3n) is 5.77. The molecule has 5 nitrogen and oxygen atoms in total. The van der Waals surface area contributed by atoms with Gasteiger partial charge in [0.15, 0.2) is 10.1 Å². The molecule has 0 fully saturated rings. The number of anilines is 1. The van der Waals surface area contributed by atoms with Crippen LogP contribution in [0.3, 0.4) is 0 Å². The fourth-order valence-corrected chi connectivity index (χ4v) is 6.46. The molecule has 162 valence electrons. The first-order valence-corrected chi connectivity index (χ1v) is 12.6. The maximum atomic E-state index is 13.3. The number of carbonyl (C=O) groups is 2. The van der Waals surface area contributed by atoms with Gasteiger partial charge in [-0.05, 0) is 30.0 Å². The average molecular weight is 482 g/mol. The van der Waals surface area contributed by atoms with Gasteiger partial charge in [-0.2, -0.15) is 0 Å². The molecule has 0 N–H and O–H groups in total. The molecule has 1 aliphatic carbocycles. The van der Waals surface area contributed by atoms with Crippen LogP contribution in [-0.4, -0.2) is 21.9 Å². The van der Waals surface area contributed by atoms with Gasteiger partial charge in [-0.3, -0.25) is 14.5 Å². The van der Waals surface area contributed by atoms with Crippen molar-refractivity contribution in [2.45, 2.75) is 41.7 Å². The molecule has 0 radical (unpaired) electrons. The van der Waals surface area contributed by atoms with Gasteiger partial charge >= 0.3 is 0 Å². The fraction of sp³-hybridized carbons (Fsp3) is 0.250. The number of rotatable bonds is 5. The normalized spacial score (nSPS) is 18.8. The maximum Gasteiger partial charge on any atom is 0.234 e. The van der Waals surface area contributed by atoms with Crippen molar-refractivity contribution >= 4 is 51.5 Å². The van der Waals surface area contributed by atoms with Crippen LogP contribution in [0.4, 0.5) is 5.13 Å². The third-order valence-corrected chi connectivity index (χ3v) is 8.23. The van der Waals surface area contributed by atoms with Crippen molar-refractivity contribution in [2.75, 3.05) is 4.90 Å². The molecule has 1 atom stereocenters. The molecule has 8 heteroatoms. The molecule has 32 heavy (non-hydrogen) atoms. The Labute approximate surface area is 199 Å². The first-order valence-electron chi connectivity index (χ1n) is 10.5. The predicted molar refractivity (Wildman–Crippen MR) is 128 cm³/mol. The van der Waals surface area contributed by atoms with E-state index >= 15 is 0 Å². The summed E-state index contributed by atoms with van der Waals surface area (Å²) in [7, 11) is 0. The molecular formula is C24H20ClN3O2S2. The summed E-state index contributed by atoms with van der Waals surface area (Å²) in [5, 5.41) is 9.86. The van der Waals surface area contributed by atoms with Gasteiger partial charge in [-0.1, -0.05) is 83.2 Å². The molecule has 2 aliphatic rings. The lowest BCUT2D eigenvalue weighted by Gasteiger charge is -2.36. The minimum atomic E-state index is -0.190. The van der Waals surface area contributed by atoms with Crippen LogP contribution in [0.25, 0.3) is 0 Å². The molecule has 0 bridgehead atoms. The number of thioether (sulfide) groups is 1. The van der Waals surface area contributed by atoms with Crippen LogP contribution in [-0.2, 0) is 15.3 Å². The highest BCUT2D eigenvalue weighted by molar-refractivity contribution is 8.00. The Kier molecular flexibility index (Phi) is 6.13. The zero-order chi connectivity index (χ0) is 22.1. The van der Waals surface area contributed by atoms with Crippen molar-refractivity contribution in [3.63, 3.8) is 0 Å². The van der Waals surface area contributed by atoms with E-state index in [0.717, 1.165) is 38.2 Å². The SMILES string of the molecule is O=C1CCCC2=C1C(c1ccccc1)CC(=O)N2c1nnc(SCc2ccccc2Cl)s1. The van der Waals surface area contributed by atoms with Crippen molar-refractivity contribution in [1.29, 1.82) is 0 Å². The van der Waals surface area contributed by atoms with Crippen LogP contribution < -0.4 is 4.90 Å². The number of halogens is 1. The molecule has 5 rings (SSSR count). The van der Waals surface area contributed by atoms with Gasteiger partial charge in [0.25, 0.3) is 0 Å². The van der Waals surface area contributed by atoms with Crippen LogP contribution in [0.1, 0.15) is 42.7 Å². The first-order chi connectivity index (χ1) is 15.6. The van der Waals surface area contributed by atoms with Crippen LogP contribution >= 0.6 is 34.7 Å². The molecule has 2 heterocycles. The molecule has 1 amide bonds. The van der Waals surface area contributed by atoms with E-state index in [9.17, 15) is 9.59 Å². The molecule has 0 saturated heterocycles. The fourth-order valence-electron chi connectivity index (χ4n) is 4.29. The Bertz CT molecular complexity index is 1210. The summed E-state index contributed by atoms with van der Waals surface area (Å²) >= 11 is 9.17. The summed E-state index contributed by atoms with van der Waals surface area (Å²) in [5.74, 6) is 0.580. The average Bonchev–Trinajstić information content (AvgIpc) is 3.27. The second-order valence-corrected chi connectivity index (χ2v) is 10.3. The van der Waals surface area contributed by atoms with E-state index in [0.29, 0.717) is 23.7 Å². The molecule has 0 spiro atoms. The summed E-state index contributed by atoms with van der Waals surface area (Å²) in [5.41, 5.74) is 3.60. The summed E-state index contributed by atoms with van der Waals surface area (Å²) in [6.07, 6.45) is 2.23. The Hall–Kier alpha value is -2.48. The summed E-state index contributed by atoms with van der Waals surface area (Å²) in [4.78, 5) is 27.9. The second-order valence-electron chi connectivity index (χ2n) is 7.76. The van der Waals surface area contributed by atoms with E-state index in [4.69, 9.17) is 11.6 Å². The molecular weight excluding hydrogens is 462 g/mol. The quantitative estimate of drug-likeness (QED) is 0.330. The third kappa shape index (κ3) is 4.12. The number of Topliss-reactive ketones (excluding diaryl/α,β-unsaturated/α-hetero) is 1. The van der Waals surface area contributed by atoms with Gasteiger partial charge < -0.3 is 0 Å². The predicted octanol–water partition coefficient (Wildman–Crippen LogP) is 6.01. The van der Waals surface area contributed by atoms with Crippen LogP contribution in [0.2, 0.25) is 5.02 Å². The van der Waals surface area contributed by atoms with E-state index in [2.05, 4.69) is 10.2 Å². The molecule has 1 unspecified atom stereocenters. The van der Waals surface area contributed by atoms with E-state index in [1.54, 1.807) is 16.7 Å². The van der Waals surface area contributed by atoms with Gasteiger partial charge in [0, 0.05) is 40.8 Å². The largest absolute Gasteiger partial charge is 0.294 e. The van der Waals surface area contributed by atoms with E-state index in [1.165, 1.54) is 11.3 Å². The Morgan fingerprint density at radius 2 is 1.81 bits per heavy atom. The lowest BCUT2D eigenvalue weighted by Crippen LogP contribution is -2.40. The van der Waals surface area contributed by atoms with Gasteiger partial charge in [-0.15, -0.1) is 10.2 Å². The lowest BCUT2D eigenvalue weighted by molar-refractivity contribution is -0.119. The number of carbonyl (C=O) groups excluding carboxylic acids is 2. The Morgan fingerprint density at radius 3 is 2.62 bits per heavy atom. The topological polar surface area (TPSA) is 63.2 Å². The Balaban J connectivity index is 1.45. The van der Waals surface area contributed by atoms with Gasteiger partial charge in [0.1, 0.15) is 0 Å². The number of benzene rings is 2. The second kappa shape index (κ2) is 9.17. The zero-order valence-corrected chi connectivity index (χ0v) is 19.6. The van der Waals surface area contributed by atoms with E-state index in [-0.39, 0.29) is 24.0 Å². The molecule has 1 aliphatic heterocycles. The van der Waals surface area contributed by atoms with Crippen molar-refractivity contribution in [3.05, 3.63) is 82.0 Å². The Morgan fingerprint density at radius 1 is 1.03 bits per heavy atom. The number of hydrogen-bond acceptors (Lipinski definition) is 6. The smallest absolute Gasteiger partial charge is 0.234 e. The molecule has 0 saturated carbocycles. The maximum absolute atomic E-state index is 13.3. The van der Waals surface area contributed by atoms with E-state index < -0.39 is 0 Å². The summed E-state index contributed by atoms with van der Waals surface area (Å²) in [6, 6.07) is 17.6. The van der Waals surface area contributed by atoms with Crippen molar-refractivity contribution in [2.24, 2.45) is 0 Å². The standard InChI is InChI=1S/C24H20ClN3O2S2/c25-18-10-5-4-9-16(18)14-31-24-27-26-23(32-24)28-19-11-6-12-20(29)22(19)17(13-21(28)30)15-7-2-1-3-8-15/h1-5,7-10,17H,6,11-14H2. The van der Waals surface area contributed by atoms with Crippen molar-refractivity contribution < 1.29 is 9.59 Å². The van der Waals surface area contributed by atoms with Gasteiger partial charge in [-0.25, -0.2) is 0 Å². The van der Waals surface area contributed by atoms with Gasteiger partial charge in [0.2, 0.25) is 11.0 Å². The minimum Gasteiger partial charge on any atom is -0.294 e. The highest BCUT2D eigenvalue weighted by Gasteiger charge is 2.40. The van der Waals surface area contributed by atoms with Crippen LogP contribution in [0.15, 0.2) is 70.2 Å². The lowest BCUT2D eigenvalue weighted by atomic mass is 9.77. The van der Waals surface area contributed by atoms with Gasteiger partial charge in [0.05, 0.1) is 0 Å². The van der Waals surface area contributed by atoms with Crippen molar-refractivity contribution in [3.8, 4) is 0 Å².